The fraction of sp³-hybridized carbons (Fsp3) is 0.167. The van der Waals surface area contributed by atoms with Crippen LogP contribution in [0.4, 0.5) is 34.9 Å². The first-order valence-electron chi connectivity index (χ1n) is 10.7. The van der Waals surface area contributed by atoms with Gasteiger partial charge in [-0.05, 0) is 61.7 Å². The maximum absolute atomic E-state index is 14.4. The fourth-order valence-electron chi connectivity index (χ4n) is 3.44. The Morgan fingerprint density at radius 3 is 2.61 bits per heavy atom. The second kappa shape index (κ2) is 10.3. The Hall–Kier alpha value is -3.99. The minimum atomic E-state index is -4.57. The number of hydrogen-bond acceptors (Lipinski definition) is 5. The quantitative estimate of drug-likeness (QED) is 0.203. The molecule has 0 aliphatic rings. The van der Waals surface area contributed by atoms with Crippen molar-refractivity contribution >= 4 is 34.8 Å². The fourth-order valence-corrected chi connectivity index (χ4v) is 3.66. The topological polar surface area (TPSA) is 95.6 Å². The van der Waals surface area contributed by atoms with E-state index in [-0.39, 0.29) is 17.7 Å². The van der Waals surface area contributed by atoms with E-state index in [4.69, 9.17) is 11.6 Å². The first kappa shape index (κ1) is 25.1. The molecule has 0 fully saturated rings. The Morgan fingerprint density at radius 1 is 1.06 bits per heavy atom. The summed E-state index contributed by atoms with van der Waals surface area (Å²) in [6.45, 7) is 1.71. The molecule has 0 aliphatic carbocycles. The predicted octanol–water partition coefficient (Wildman–Crippen LogP) is 6.10. The zero-order chi connectivity index (χ0) is 25.9. The number of hydrogen-bond donors (Lipinski definition) is 3. The Kier molecular flexibility index (Phi) is 7.20. The molecular formula is C24H19ClF4N6O. The van der Waals surface area contributed by atoms with Crippen molar-refractivity contribution in [1.29, 1.82) is 0 Å². The van der Waals surface area contributed by atoms with Gasteiger partial charge in [0.25, 0.3) is 5.91 Å². The molecule has 0 aliphatic heterocycles. The molecule has 2 aromatic carbocycles. The summed E-state index contributed by atoms with van der Waals surface area (Å²) in [5.74, 6) is 0.328. The third kappa shape index (κ3) is 6.36. The average molecular weight is 519 g/mol. The van der Waals surface area contributed by atoms with Gasteiger partial charge in [-0.1, -0.05) is 17.7 Å². The lowest BCUT2D eigenvalue weighted by atomic mass is 10.1. The number of benzene rings is 2. The minimum absolute atomic E-state index is 0.160. The van der Waals surface area contributed by atoms with Crippen LogP contribution in [0.3, 0.4) is 0 Å². The smallest absolute Gasteiger partial charge is 0.325 e. The summed E-state index contributed by atoms with van der Waals surface area (Å²) in [6, 6.07) is 11.3. The van der Waals surface area contributed by atoms with Crippen LogP contribution >= 0.6 is 11.6 Å². The molecule has 0 unspecified atom stereocenters. The van der Waals surface area contributed by atoms with Gasteiger partial charge < -0.3 is 10.6 Å². The molecular weight excluding hydrogens is 500 g/mol. The van der Waals surface area contributed by atoms with Gasteiger partial charge in [-0.2, -0.15) is 18.3 Å². The summed E-state index contributed by atoms with van der Waals surface area (Å²) in [5, 5.41) is 12.8. The normalized spacial score (nSPS) is 11.4. The summed E-state index contributed by atoms with van der Waals surface area (Å²) in [7, 11) is 0. The summed E-state index contributed by atoms with van der Waals surface area (Å²) < 4.78 is 53.2. The van der Waals surface area contributed by atoms with Crippen LogP contribution in [0, 0.1) is 12.7 Å². The van der Waals surface area contributed by atoms with Crippen molar-refractivity contribution in [3.05, 3.63) is 93.8 Å². The number of aromatic nitrogens is 4. The molecule has 0 saturated heterocycles. The van der Waals surface area contributed by atoms with Crippen LogP contribution in [0.5, 0.6) is 0 Å². The number of carbonyl (C=O) groups excluding carboxylic acids is 1. The molecule has 186 valence electrons. The molecule has 4 rings (SSSR count). The number of amides is 1. The summed E-state index contributed by atoms with van der Waals surface area (Å²) in [6.07, 6.45) is -3.92. The molecule has 0 atom stereocenters. The van der Waals surface area contributed by atoms with Gasteiger partial charge in [0.05, 0.1) is 11.3 Å². The zero-order valence-electron chi connectivity index (χ0n) is 18.8. The number of rotatable bonds is 7. The molecule has 0 radical (unpaired) electrons. The van der Waals surface area contributed by atoms with Gasteiger partial charge in [-0.15, -0.1) is 0 Å². The lowest BCUT2D eigenvalue weighted by molar-refractivity contribution is -0.137. The van der Waals surface area contributed by atoms with Gasteiger partial charge in [-0.3, -0.25) is 9.89 Å². The van der Waals surface area contributed by atoms with Crippen LogP contribution in [0.25, 0.3) is 0 Å². The number of H-pyrrole nitrogens is 1. The van der Waals surface area contributed by atoms with E-state index in [2.05, 4.69) is 30.8 Å². The predicted molar refractivity (Wildman–Crippen MR) is 127 cm³/mol. The van der Waals surface area contributed by atoms with Gasteiger partial charge >= 0.3 is 6.18 Å². The Morgan fingerprint density at radius 2 is 1.86 bits per heavy atom. The summed E-state index contributed by atoms with van der Waals surface area (Å²) in [5.41, 5.74) is 0.127. The maximum atomic E-state index is 14.4. The van der Waals surface area contributed by atoms with E-state index >= 15 is 0 Å². The lowest BCUT2D eigenvalue weighted by Gasteiger charge is -2.10. The van der Waals surface area contributed by atoms with E-state index in [1.807, 2.05) is 0 Å². The van der Waals surface area contributed by atoms with Crippen molar-refractivity contribution in [2.24, 2.45) is 0 Å². The number of anilines is 3. The molecule has 2 aromatic heterocycles. The highest BCUT2D eigenvalue weighted by Crippen LogP contribution is 2.30. The number of nitrogens with one attached hydrogen (secondary N) is 3. The third-order valence-corrected chi connectivity index (χ3v) is 5.30. The Balaban J connectivity index is 1.40. The van der Waals surface area contributed by atoms with Crippen LogP contribution in [0.1, 0.15) is 33.0 Å². The second-order valence-corrected chi connectivity index (χ2v) is 8.25. The lowest BCUT2D eigenvalue weighted by Crippen LogP contribution is -2.14. The summed E-state index contributed by atoms with van der Waals surface area (Å²) in [4.78, 5) is 20.7. The van der Waals surface area contributed by atoms with Crippen molar-refractivity contribution < 1.29 is 22.4 Å². The van der Waals surface area contributed by atoms with E-state index in [1.54, 1.807) is 19.1 Å². The highest BCUT2D eigenvalue weighted by molar-refractivity contribution is 6.29. The van der Waals surface area contributed by atoms with Crippen molar-refractivity contribution in [3.63, 3.8) is 0 Å². The molecule has 0 saturated carbocycles. The number of aromatic amines is 1. The highest BCUT2D eigenvalue weighted by Gasteiger charge is 2.30. The van der Waals surface area contributed by atoms with Crippen LogP contribution < -0.4 is 10.6 Å². The van der Waals surface area contributed by atoms with Gasteiger partial charge in [0.15, 0.2) is 0 Å². The molecule has 36 heavy (non-hydrogen) atoms. The number of nitrogens with zero attached hydrogens (tertiary/aromatic N) is 3. The minimum Gasteiger partial charge on any atom is -0.325 e. The van der Waals surface area contributed by atoms with Crippen LogP contribution in [-0.2, 0) is 19.0 Å². The molecule has 0 bridgehead atoms. The monoisotopic (exact) mass is 518 g/mol. The number of alkyl halides is 3. The first-order valence-corrected chi connectivity index (χ1v) is 11.0. The molecule has 12 heteroatoms. The van der Waals surface area contributed by atoms with Gasteiger partial charge in [0.1, 0.15) is 28.4 Å². The van der Waals surface area contributed by atoms with Gasteiger partial charge in [-0.25, -0.2) is 14.4 Å². The second-order valence-electron chi connectivity index (χ2n) is 7.86. The number of aryl methyl sites for hydroxylation is 3. The third-order valence-electron chi connectivity index (χ3n) is 5.11. The highest BCUT2D eigenvalue weighted by atomic mass is 35.5. The van der Waals surface area contributed by atoms with E-state index in [1.165, 1.54) is 24.3 Å². The molecule has 2 heterocycles. The van der Waals surface area contributed by atoms with Crippen molar-refractivity contribution in [3.8, 4) is 0 Å². The van der Waals surface area contributed by atoms with Crippen molar-refractivity contribution in [2.45, 2.75) is 25.9 Å². The van der Waals surface area contributed by atoms with Gasteiger partial charge in [0, 0.05) is 23.4 Å². The molecule has 7 nitrogen and oxygen atoms in total. The SMILES string of the molecule is Cc1nc(Cl)cc(Nc2cc(CCc3cc(NC(=O)c4cccc(C(F)(F)F)c4)ccc3F)n[nH]2)n1. The van der Waals surface area contributed by atoms with E-state index < -0.39 is 23.5 Å². The molecule has 4 aromatic rings. The Labute approximate surface area is 207 Å². The standard InChI is InChI=1S/C24H19ClF4N6O/c1-13-30-20(25)12-21(31-13)33-22-11-18(34-35-22)6-5-14-10-17(7-8-19(14)26)32-23(36)15-3-2-4-16(9-15)24(27,28)29/h2-4,7-12H,5-6H2,1H3,(H,32,36)(H2,30,31,33,34,35). The zero-order valence-corrected chi connectivity index (χ0v) is 19.5. The maximum Gasteiger partial charge on any atom is 0.416 e. The summed E-state index contributed by atoms with van der Waals surface area (Å²) >= 11 is 5.93. The molecule has 3 N–H and O–H groups in total. The van der Waals surface area contributed by atoms with Crippen molar-refractivity contribution in [2.75, 3.05) is 10.6 Å². The molecule has 0 spiro atoms. The average Bonchev–Trinajstić information content (AvgIpc) is 3.25. The number of carbonyl (C=O) groups is 1. The van der Waals surface area contributed by atoms with E-state index in [9.17, 15) is 22.4 Å². The van der Waals surface area contributed by atoms with Crippen LogP contribution in [0.2, 0.25) is 5.15 Å². The van der Waals surface area contributed by atoms with E-state index in [0.717, 1.165) is 18.2 Å². The van der Waals surface area contributed by atoms with Crippen LogP contribution in [-0.4, -0.2) is 26.1 Å². The first-order chi connectivity index (χ1) is 17.1. The Bertz CT molecular complexity index is 1390. The largest absolute Gasteiger partial charge is 0.416 e. The number of halogens is 5. The van der Waals surface area contributed by atoms with E-state index in [0.29, 0.717) is 40.3 Å². The van der Waals surface area contributed by atoms with Crippen LogP contribution in [0.15, 0.2) is 54.6 Å². The van der Waals surface area contributed by atoms with Crippen molar-refractivity contribution in [1.82, 2.24) is 20.2 Å². The molecule has 1 amide bonds. The van der Waals surface area contributed by atoms with Gasteiger partial charge in [0.2, 0.25) is 0 Å².